The van der Waals surface area contributed by atoms with E-state index < -0.39 is 5.91 Å². The van der Waals surface area contributed by atoms with Crippen molar-refractivity contribution < 1.29 is 9.59 Å². The number of fused-ring (bicyclic) bond motifs is 1. The van der Waals surface area contributed by atoms with Gasteiger partial charge in [-0.3, -0.25) is 14.4 Å². The molecule has 0 spiro atoms. The molecule has 0 saturated heterocycles. The predicted octanol–water partition coefficient (Wildman–Crippen LogP) is 4.04. The van der Waals surface area contributed by atoms with Crippen molar-refractivity contribution in [3.8, 4) is 0 Å². The van der Waals surface area contributed by atoms with Gasteiger partial charge in [-0.05, 0) is 35.2 Å². The molecular weight excluding hydrogens is 354 g/mol. The van der Waals surface area contributed by atoms with Gasteiger partial charge in [0.1, 0.15) is 5.56 Å². The fourth-order valence-corrected chi connectivity index (χ4v) is 3.11. The number of aromatic amines is 1. The highest BCUT2D eigenvalue weighted by Crippen LogP contribution is 2.32. The molecule has 3 aromatic rings. The smallest absolute Gasteiger partial charge is 0.261 e. The maximum atomic E-state index is 12.9. The lowest BCUT2D eigenvalue weighted by Crippen LogP contribution is -2.24. The first-order valence-electron chi connectivity index (χ1n) is 9.01. The van der Waals surface area contributed by atoms with Crippen molar-refractivity contribution in [3.05, 3.63) is 70.0 Å². The van der Waals surface area contributed by atoms with Gasteiger partial charge in [0.15, 0.2) is 0 Å². The van der Waals surface area contributed by atoms with Gasteiger partial charge < -0.3 is 15.6 Å². The van der Waals surface area contributed by atoms with E-state index in [-0.39, 0.29) is 22.3 Å². The first-order valence-corrected chi connectivity index (χ1v) is 9.01. The number of carbonyl (C=O) groups excluding carboxylic acids is 2. The number of benzene rings is 2. The average molecular weight is 377 g/mol. The van der Waals surface area contributed by atoms with Crippen molar-refractivity contribution in [1.82, 2.24) is 4.98 Å². The molecule has 3 N–H and O–H groups in total. The summed E-state index contributed by atoms with van der Waals surface area (Å²) in [5, 5.41) is 6.01. The second kappa shape index (κ2) is 7.31. The van der Waals surface area contributed by atoms with Gasteiger partial charge in [0.25, 0.3) is 5.91 Å². The standard InChI is InChI=1S/C22H23N3O3/c1-13(26)24-14-9-10-17(22(2,3)4)19(11-14)25-21(28)16-12-23-18-8-6-5-7-15(18)20(16)27/h5-12H,1-4H3,(H,23,27)(H,24,26)(H,25,28). The molecule has 0 atom stereocenters. The van der Waals surface area contributed by atoms with Crippen LogP contribution in [0.2, 0.25) is 0 Å². The van der Waals surface area contributed by atoms with Gasteiger partial charge in [0.05, 0.1) is 0 Å². The fourth-order valence-electron chi connectivity index (χ4n) is 3.11. The van der Waals surface area contributed by atoms with Crippen LogP contribution in [-0.4, -0.2) is 16.8 Å². The third-order valence-electron chi connectivity index (χ3n) is 4.43. The zero-order valence-electron chi connectivity index (χ0n) is 16.3. The molecule has 0 unspecified atom stereocenters. The van der Waals surface area contributed by atoms with Crippen molar-refractivity contribution in [2.24, 2.45) is 0 Å². The second-order valence-electron chi connectivity index (χ2n) is 7.72. The summed E-state index contributed by atoms with van der Waals surface area (Å²) in [6, 6.07) is 12.4. The van der Waals surface area contributed by atoms with E-state index in [1.54, 1.807) is 30.3 Å². The summed E-state index contributed by atoms with van der Waals surface area (Å²) in [7, 11) is 0. The van der Waals surface area contributed by atoms with Gasteiger partial charge in [-0.2, -0.15) is 0 Å². The van der Waals surface area contributed by atoms with E-state index in [9.17, 15) is 14.4 Å². The molecule has 2 aromatic carbocycles. The van der Waals surface area contributed by atoms with E-state index in [0.717, 1.165) is 5.56 Å². The zero-order chi connectivity index (χ0) is 20.5. The van der Waals surface area contributed by atoms with Crippen molar-refractivity contribution >= 4 is 34.1 Å². The van der Waals surface area contributed by atoms with Crippen molar-refractivity contribution in [2.75, 3.05) is 10.6 Å². The summed E-state index contributed by atoms with van der Waals surface area (Å²) in [6.07, 6.45) is 1.43. The van der Waals surface area contributed by atoms with Crippen LogP contribution in [0.15, 0.2) is 53.5 Å². The number of pyridine rings is 1. The summed E-state index contributed by atoms with van der Waals surface area (Å²) in [4.78, 5) is 40.0. The molecule has 6 heteroatoms. The number of amides is 2. The van der Waals surface area contributed by atoms with Gasteiger partial charge in [-0.25, -0.2) is 0 Å². The first-order chi connectivity index (χ1) is 13.2. The Labute approximate surface area is 163 Å². The van der Waals surface area contributed by atoms with Crippen LogP contribution in [0.4, 0.5) is 11.4 Å². The van der Waals surface area contributed by atoms with Crippen LogP contribution < -0.4 is 16.1 Å². The number of carbonyl (C=O) groups is 2. The molecule has 0 aliphatic rings. The lowest BCUT2D eigenvalue weighted by atomic mass is 9.85. The molecule has 6 nitrogen and oxygen atoms in total. The SMILES string of the molecule is CC(=O)Nc1ccc(C(C)(C)C)c(NC(=O)c2c[nH]c3ccccc3c2=O)c1. The topological polar surface area (TPSA) is 91.1 Å². The molecule has 0 fully saturated rings. The van der Waals surface area contributed by atoms with Crippen LogP contribution >= 0.6 is 0 Å². The highest BCUT2D eigenvalue weighted by Gasteiger charge is 2.21. The summed E-state index contributed by atoms with van der Waals surface area (Å²) in [5.74, 6) is -0.704. The molecule has 28 heavy (non-hydrogen) atoms. The molecule has 0 saturated carbocycles. The highest BCUT2D eigenvalue weighted by atomic mass is 16.2. The number of H-pyrrole nitrogens is 1. The normalized spacial score (nSPS) is 11.3. The molecule has 0 aliphatic heterocycles. The molecule has 0 aliphatic carbocycles. The van der Waals surface area contributed by atoms with Crippen LogP contribution in [0, 0.1) is 0 Å². The number of anilines is 2. The molecule has 0 radical (unpaired) electrons. The van der Waals surface area contributed by atoms with E-state index in [0.29, 0.717) is 22.3 Å². The first kappa shape index (κ1) is 19.4. The number of nitrogens with one attached hydrogen (secondary N) is 3. The number of hydrogen-bond acceptors (Lipinski definition) is 3. The minimum atomic E-state index is -0.502. The Balaban J connectivity index is 2.02. The molecule has 1 aromatic heterocycles. The maximum absolute atomic E-state index is 12.9. The number of rotatable bonds is 3. The van der Waals surface area contributed by atoms with Crippen LogP contribution in [0.5, 0.6) is 0 Å². The molecule has 2 amide bonds. The second-order valence-corrected chi connectivity index (χ2v) is 7.72. The molecular formula is C22H23N3O3. The quantitative estimate of drug-likeness (QED) is 0.643. The predicted molar refractivity (Wildman–Crippen MR) is 112 cm³/mol. The zero-order valence-corrected chi connectivity index (χ0v) is 16.3. The Bertz CT molecular complexity index is 1120. The van der Waals surface area contributed by atoms with Gasteiger partial charge in [-0.1, -0.05) is 39.0 Å². The number of hydrogen-bond donors (Lipinski definition) is 3. The van der Waals surface area contributed by atoms with Crippen molar-refractivity contribution in [3.63, 3.8) is 0 Å². The van der Waals surface area contributed by atoms with Crippen molar-refractivity contribution in [2.45, 2.75) is 33.1 Å². The molecule has 3 rings (SSSR count). The van der Waals surface area contributed by atoms with Crippen molar-refractivity contribution in [1.29, 1.82) is 0 Å². The lowest BCUT2D eigenvalue weighted by Gasteiger charge is -2.24. The van der Waals surface area contributed by atoms with Gasteiger partial charge >= 0.3 is 0 Å². The molecule has 0 bridgehead atoms. The van der Waals surface area contributed by atoms with E-state index >= 15 is 0 Å². The minimum absolute atomic E-state index is 0.0310. The van der Waals surface area contributed by atoms with Crippen LogP contribution in [-0.2, 0) is 10.2 Å². The molecule has 1 heterocycles. The van der Waals surface area contributed by atoms with E-state index in [4.69, 9.17) is 0 Å². The average Bonchev–Trinajstić information content (AvgIpc) is 2.60. The third kappa shape index (κ3) is 3.96. The Morgan fingerprint density at radius 3 is 2.39 bits per heavy atom. The van der Waals surface area contributed by atoms with Crippen LogP contribution in [0.25, 0.3) is 10.9 Å². The minimum Gasteiger partial charge on any atom is -0.360 e. The summed E-state index contributed by atoms with van der Waals surface area (Å²) in [5.41, 5.74) is 2.15. The molecule has 144 valence electrons. The summed E-state index contributed by atoms with van der Waals surface area (Å²) in [6.45, 7) is 7.50. The van der Waals surface area contributed by atoms with E-state index in [2.05, 4.69) is 15.6 Å². The summed E-state index contributed by atoms with van der Waals surface area (Å²) >= 11 is 0. The Morgan fingerprint density at radius 1 is 1.00 bits per heavy atom. The van der Waals surface area contributed by atoms with E-state index in [1.165, 1.54) is 13.1 Å². The highest BCUT2D eigenvalue weighted by molar-refractivity contribution is 6.06. The van der Waals surface area contributed by atoms with E-state index in [1.807, 2.05) is 32.9 Å². The maximum Gasteiger partial charge on any atom is 0.261 e. The largest absolute Gasteiger partial charge is 0.360 e. The Hall–Kier alpha value is -3.41. The summed E-state index contributed by atoms with van der Waals surface area (Å²) < 4.78 is 0. The monoisotopic (exact) mass is 377 g/mol. The Kier molecular flexibility index (Phi) is 5.05. The van der Waals surface area contributed by atoms with Gasteiger partial charge in [0, 0.05) is 35.4 Å². The van der Waals surface area contributed by atoms with Crippen LogP contribution in [0.3, 0.4) is 0 Å². The lowest BCUT2D eigenvalue weighted by molar-refractivity contribution is -0.114. The van der Waals surface area contributed by atoms with Gasteiger partial charge in [-0.15, -0.1) is 0 Å². The fraction of sp³-hybridized carbons (Fsp3) is 0.227. The third-order valence-corrected chi connectivity index (χ3v) is 4.43. The van der Waals surface area contributed by atoms with Crippen LogP contribution in [0.1, 0.15) is 43.6 Å². The number of para-hydroxylation sites is 1. The Morgan fingerprint density at radius 2 is 1.71 bits per heavy atom. The number of aromatic nitrogens is 1. The van der Waals surface area contributed by atoms with Gasteiger partial charge in [0.2, 0.25) is 11.3 Å².